The minimum Gasteiger partial charge on any atom is -0.420 e. The smallest absolute Gasteiger partial charge is 0.420 e. The number of carbonyl (C=O) groups is 1. The predicted octanol–water partition coefficient (Wildman–Crippen LogP) is -2.96. The van der Waals surface area contributed by atoms with Gasteiger partial charge in [0.1, 0.15) is 0 Å². The summed E-state index contributed by atoms with van der Waals surface area (Å²) < 4.78 is 3.74. The third-order valence-electron chi connectivity index (χ3n) is 3.47. The molecule has 0 saturated heterocycles. The van der Waals surface area contributed by atoms with Crippen LogP contribution in [-0.2, 0) is 4.74 Å². The Morgan fingerprint density at radius 2 is 0.971 bits per heavy atom. The first-order valence-corrected chi connectivity index (χ1v) is 7.24. The molecule has 0 rings (SSSR count). The van der Waals surface area contributed by atoms with E-state index in [9.17, 15) is 85.7 Å². The normalized spacial score (nSPS) is 10.9. The van der Waals surface area contributed by atoms with E-state index >= 15 is 0 Å². The van der Waals surface area contributed by atoms with Crippen LogP contribution in [0, 0.1) is 80.9 Å². The molecule has 0 N–H and O–H groups in total. The molecule has 28 nitrogen and oxygen atoms in total. The molecule has 0 aliphatic carbocycles. The lowest BCUT2D eigenvalue weighted by Gasteiger charge is -2.18. The Hall–Kier alpha value is -5.73. The van der Waals surface area contributed by atoms with E-state index in [1.54, 1.807) is 0 Å². The van der Waals surface area contributed by atoms with Gasteiger partial charge in [0.15, 0.2) is 39.6 Å². The van der Waals surface area contributed by atoms with Crippen molar-refractivity contribution in [3.05, 3.63) is 80.9 Å². The van der Waals surface area contributed by atoms with Crippen molar-refractivity contribution in [2.45, 2.75) is 11.6 Å². The van der Waals surface area contributed by atoms with E-state index in [2.05, 4.69) is 4.74 Å². The van der Waals surface area contributed by atoms with Gasteiger partial charge in [-0.05, 0) is 0 Å². The summed E-state index contributed by atoms with van der Waals surface area (Å²) in [5.74, 6) is -9.07. The molecule has 1 amide bonds. The van der Waals surface area contributed by atoms with Gasteiger partial charge in [0, 0.05) is 5.01 Å². The van der Waals surface area contributed by atoms with E-state index in [1.165, 1.54) is 0 Å². The van der Waals surface area contributed by atoms with Crippen molar-refractivity contribution < 1.29 is 49.1 Å². The van der Waals surface area contributed by atoms with Crippen molar-refractivity contribution >= 4 is 6.09 Å². The molecule has 28 heteroatoms. The maximum absolute atomic E-state index is 11.8. The molecule has 0 aromatic rings. The van der Waals surface area contributed by atoms with Crippen molar-refractivity contribution in [2.75, 3.05) is 19.8 Å². The minimum absolute atomic E-state index is 0.958. The van der Waals surface area contributed by atoms with Gasteiger partial charge in [-0.1, -0.05) is 5.01 Å². The number of nitro groups is 8. The Kier molecular flexibility index (Phi) is 8.36. The van der Waals surface area contributed by atoms with Gasteiger partial charge in [-0.25, -0.2) is 25.0 Å². The molecule has 0 radical (unpaired) electrons. The average molecular weight is 506 g/mol. The standard InChI is InChI=1S/C6H6N10O18/c17-4(34-2-6(12(24)25,13(26)27)14(28)29)8(16(32)33)3-7(15(30)31)1-5(9(18)19,10(20)21)11(22)23/h1-3H2. The maximum Gasteiger partial charge on any atom is 0.734 e. The lowest BCUT2D eigenvalue weighted by molar-refractivity contribution is -0.973. The van der Waals surface area contributed by atoms with Crippen LogP contribution in [0.5, 0.6) is 0 Å². The summed E-state index contributed by atoms with van der Waals surface area (Å²) in [5.41, 5.74) is 0. The minimum atomic E-state index is -4.59. The predicted molar refractivity (Wildman–Crippen MR) is 86.2 cm³/mol. The van der Waals surface area contributed by atoms with Gasteiger partial charge in [0.25, 0.3) is 0 Å². The molecule has 188 valence electrons. The van der Waals surface area contributed by atoms with Crippen LogP contribution in [0.15, 0.2) is 0 Å². The van der Waals surface area contributed by atoms with Crippen molar-refractivity contribution in [1.29, 1.82) is 0 Å². The number of rotatable bonds is 14. The zero-order valence-electron chi connectivity index (χ0n) is 15.4. The second-order valence-electron chi connectivity index (χ2n) is 5.33. The molecule has 0 aromatic heterocycles. The number of nitrogens with zero attached hydrogens (tertiary/aromatic N) is 10. The maximum atomic E-state index is 11.8. The highest BCUT2D eigenvalue weighted by Crippen LogP contribution is 2.17. The Bertz CT molecular complexity index is 887. The fourth-order valence-corrected chi connectivity index (χ4v) is 1.70. The molecule has 0 unspecified atom stereocenters. The quantitative estimate of drug-likeness (QED) is 0.129. The summed E-state index contributed by atoms with van der Waals surface area (Å²) in [6.07, 6.45) is -2.61. The lowest BCUT2D eigenvalue weighted by atomic mass is 10.3. The van der Waals surface area contributed by atoms with Gasteiger partial charge in [0.2, 0.25) is 6.67 Å². The lowest BCUT2D eigenvalue weighted by Crippen LogP contribution is -2.62. The van der Waals surface area contributed by atoms with Gasteiger partial charge >= 0.3 is 30.8 Å². The van der Waals surface area contributed by atoms with Crippen LogP contribution in [-0.4, -0.2) is 87.1 Å². The second kappa shape index (κ2) is 10.1. The summed E-state index contributed by atoms with van der Waals surface area (Å²) in [7, 11) is 0. The van der Waals surface area contributed by atoms with Gasteiger partial charge in [-0.2, -0.15) is 0 Å². The Morgan fingerprint density at radius 1 is 0.618 bits per heavy atom. The summed E-state index contributed by atoms with van der Waals surface area (Å²) in [4.78, 5) is 85.4. The first-order chi connectivity index (χ1) is 15.4. The summed E-state index contributed by atoms with van der Waals surface area (Å²) in [6, 6.07) is 0. The summed E-state index contributed by atoms with van der Waals surface area (Å²) in [5, 5.41) is 80.8. The zero-order chi connectivity index (χ0) is 27.2. The average Bonchev–Trinajstić information content (AvgIpc) is 2.65. The molecule has 0 bridgehead atoms. The topological polar surface area (TPSA) is 378 Å². The highest BCUT2D eigenvalue weighted by Gasteiger charge is 2.74. The summed E-state index contributed by atoms with van der Waals surface area (Å²) >= 11 is 0. The third kappa shape index (κ3) is 5.11. The molecule has 0 fully saturated rings. The molecule has 34 heavy (non-hydrogen) atoms. The SMILES string of the molecule is O=C(OCC([N+](=O)[O-])([N+](=O)[O-])[N+](=O)[O-])N(CN(CC([N+](=O)[O-])([N+](=O)[O-])[N+](=O)[O-])[N+](=O)[O-])[N+](=O)[O-]. The van der Waals surface area contributed by atoms with Gasteiger partial charge < -0.3 is 4.74 Å². The van der Waals surface area contributed by atoms with E-state index in [4.69, 9.17) is 0 Å². The molecular weight excluding hydrogens is 500 g/mol. The fourth-order valence-electron chi connectivity index (χ4n) is 1.70. The Morgan fingerprint density at radius 3 is 1.24 bits per heavy atom. The molecular formula is C6H6N10O18. The van der Waals surface area contributed by atoms with Gasteiger partial charge in [0.05, 0.1) is 0 Å². The van der Waals surface area contributed by atoms with Crippen LogP contribution in [0.1, 0.15) is 0 Å². The molecule has 0 aliphatic heterocycles. The molecule has 0 atom stereocenters. The number of amides is 1. The Labute approximate surface area is 179 Å². The van der Waals surface area contributed by atoms with E-state index in [-0.39, 0.29) is 0 Å². The number of ether oxygens (including phenoxy) is 1. The highest BCUT2D eigenvalue weighted by atomic mass is 16.8. The van der Waals surface area contributed by atoms with Crippen LogP contribution in [0.25, 0.3) is 0 Å². The van der Waals surface area contributed by atoms with Crippen molar-refractivity contribution in [1.82, 2.24) is 10.0 Å². The number of carbonyl (C=O) groups excluding carboxylic acids is 1. The number of hydrogen-bond acceptors (Lipinski definition) is 18. The van der Waals surface area contributed by atoms with E-state index in [1.807, 2.05) is 0 Å². The van der Waals surface area contributed by atoms with Crippen molar-refractivity contribution in [3.63, 3.8) is 0 Å². The molecule has 0 spiro atoms. The van der Waals surface area contributed by atoms with Crippen LogP contribution in [0.3, 0.4) is 0 Å². The third-order valence-corrected chi connectivity index (χ3v) is 3.47. The van der Waals surface area contributed by atoms with E-state index in [0.717, 1.165) is 0 Å². The van der Waals surface area contributed by atoms with E-state index < -0.39 is 87.1 Å². The zero-order valence-corrected chi connectivity index (χ0v) is 15.4. The van der Waals surface area contributed by atoms with E-state index in [0.29, 0.717) is 0 Å². The monoisotopic (exact) mass is 506 g/mol. The summed E-state index contributed by atoms with van der Waals surface area (Å²) in [6.45, 7) is -7.10. The van der Waals surface area contributed by atoms with Crippen molar-refractivity contribution in [3.8, 4) is 0 Å². The van der Waals surface area contributed by atoms with Crippen LogP contribution in [0.4, 0.5) is 4.79 Å². The fraction of sp³-hybridized carbons (Fsp3) is 0.833. The number of hydrazine groups is 2. The molecule has 0 aromatic carbocycles. The first kappa shape index (κ1) is 28.3. The molecule has 0 heterocycles. The molecule has 0 saturated carbocycles. The second-order valence-corrected chi connectivity index (χ2v) is 5.33. The van der Waals surface area contributed by atoms with Crippen molar-refractivity contribution in [2.24, 2.45) is 0 Å². The number of hydrogen-bond donors (Lipinski definition) is 0. The van der Waals surface area contributed by atoms with Crippen LogP contribution in [0.2, 0.25) is 0 Å². The Balaban J connectivity index is 6.11. The highest BCUT2D eigenvalue weighted by molar-refractivity contribution is 5.65. The largest absolute Gasteiger partial charge is 0.734 e. The first-order valence-electron chi connectivity index (χ1n) is 7.24. The van der Waals surface area contributed by atoms with Gasteiger partial charge in [-0.15, -0.1) is 0 Å². The molecule has 0 aliphatic rings. The van der Waals surface area contributed by atoms with Gasteiger partial charge in [-0.3, -0.25) is 60.7 Å². The van der Waals surface area contributed by atoms with Crippen LogP contribution < -0.4 is 0 Å². The van der Waals surface area contributed by atoms with Crippen LogP contribution >= 0.6 is 0 Å².